The van der Waals surface area contributed by atoms with Gasteiger partial charge in [0.1, 0.15) is 5.78 Å². The van der Waals surface area contributed by atoms with Crippen LogP contribution in [0.5, 0.6) is 0 Å². The van der Waals surface area contributed by atoms with Crippen LogP contribution in [0.1, 0.15) is 12.8 Å². The molecule has 2 unspecified atom stereocenters. The average Bonchev–Trinajstić information content (AvgIpc) is 2.41. The normalized spacial score (nSPS) is 31.9. The topological polar surface area (TPSA) is 37.4 Å². The number of Topliss-reactive ketones (excluding diaryl/α,β-unsaturated/α-hetero) is 1. The number of likely N-dealkylation sites (tertiary alicyclic amines) is 1. The quantitative estimate of drug-likeness (QED) is 0.650. The van der Waals surface area contributed by atoms with Crippen LogP contribution in [0, 0.1) is 5.92 Å². The number of nitrogens with zero attached hydrogens (tertiary/aromatic N) is 1. The summed E-state index contributed by atoms with van der Waals surface area (Å²) < 4.78 is 0. The summed E-state index contributed by atoms with van der Waals surface area (Å²) in [5.41, 5.74) is 1.05. The molecule has 0 spiro atoms. The summed E-state index contributed by atoms with van der Waals surface area (Å²) in [6, 6.07) is 0. The van der Waals surface area contributed by atoms with Crippen molar-refractivity contribution in [1.29, 1.82) is 0 Å². The Kier molecular flexibility index (Phi) is 2.39. The molecule has 1 saturated heterocycles. The number of thioether (sulfide) groups is 1. The largest absolute Gasteiger partial charge is 0.319 e. The number of allylic oxidation sites excluding steroid dienone is 1. The molecule has 0 saturated carbocycles. The van der Waals surface area contributed by atoms with Crippen molar-refractivity contribution in [2.24, 2.45) is 5.92 Å². The highest BCUT2D eigenvalue weighted by molar-refractivity contribution is 8.00. The van der Waals surface area contributed by atoms with Crippen molar-refractivity contribution in [3.05, 3.63) is 11.8 Å². The van der Waals surface area contributed by atoms with E-state index in [9.17, 15) is 9.59 Å². The van der Waals surface area contributed by atoms with E-state index in [0.29, 0.717) is 12.8 Å². The molecule has 0 bridgehead atoms. The molecule has 3 nitrogen and oxygen atoms in total. The van der Waals surface area contributed by atoms with Gasteiger partial charge in [0, 0.05) is 31.5 Å². The Hall–Kier alpha value is -0.770. The smallest absolute Gasteiger partial charge is 0.227 e. The summed E-state index contributed by atoms with van der Waals surface area (Å²) in [7, 11) is 1.79. The first-order chi connectivity index (χ1) is 6.63. The number of ketones is 1. The Bertz CT molecular complexity index is 324. The molecule has 2 aliphatic rings. The minimum Gasteiger partial charge on any atom is -0.319 e. The molecule has 0 radical (unpaired) electrons. The zero-order valence-electron chi connectivity index (χ0n) is 8.32. The monoisotopic (exact) mass is 211 g/mol. The molecule has 0 aromatic rings. The number of carbonyl (C=O) groups excluding carboxylic acids is 2. The molecule has 76 valence electrons. The van der Waals surface area contributed by atoms with Crippen LogP contribution < -0.4 is 0 Å². The standard InChI is InChI=1S/C10H13NO2S/c1-11-7-5-9(14-2)8(12)3-6(7)4-10(11)13/h5-6,9H,3-4H2,1-2H3. The number of carbonyl (C=O) groups is 2. The number of hydrogen-bond donors (Lipinski definition) is 0. The van der Waals surface area contributed by atoms with Crippen LogP contribution in [-0.4, -0.2) is 35.1 Å². The molecule has 0 N–H and O–H groups in total. The second kappa shape index (κ2) is 3.42. The minimum atomic E-state index is -0.0467. The molecule has 4 heteroatoms. The minimum absolute atomic E-state index is 0.0467. The van der Waals surface area contributed by atoms with Gasteiger partial charge in [0.05, 0.1) is 5.25 Å². The first-order valence-corrected chi connectivity index (χ1v) is 5.96. The van der Waals surface area contributed by atoms with E-state index in [0.717, 1.165) is 5.70 Å². The van der Waals surface area contributed by atoms with E-state index in [1.807, 2.05) is 12.3 Å². The van der Waals surface area contributed by atoms with Crippen molar-refractivity contribution in [2.45, 2.75) is 18.1 Å². The van der Waals surface area contributed by atoms with Gasteiger partial charge in [0.25, 0.3) is 0 Å². The molecule has 2 atom stereocenters. The van der Waals surface area contributed by atoms with Crippen LogP contribution in [-0.2, 0) is 9.59 Å². The molecular formula is C10H13NO2S. The lowest BCUT2D eigenvalue weighted by Gasteiger charge is -2.23. The molecular weight excluding hydrogens is 198 g/mol. The van der Waals surface area contributed by atoms with E-state index in [2.05, 4.69) is 0 Å². The Morgan fingerprint density at radius 1 is 1.43 bits per heavy atom. The van der Waals surface area contributed by atoms with Gasteiger partial charge < -0.3 is 4.90 Å². The van der Waals surface area contributed by atoms with Gasteiger partial charge >= 0.3 is 0 Å². The maximum atomic E-state index is 11.6. The van der Waals surface area contributed by atoms with Gasteiger partial charge in [-0.2, -0.15) is 0 Å². The zero-order chi connectivity index (χ0) is 10.3. The average molecular weight is 211 g/mol. The van der Waals surface area contributed by atoms with Crippen LogP contribution in [0.25, 0.3) is 0 Å². The molecule has 2 rings (SSSR count). The molecule has 0 aromatic carbocycles. The Balaban J connectivity index is 2.31. The maximum absolute atomic E-state index is 11.6. The van der Waals surface area contributed by atoms with Gasteiger partial charge in [0.15, 0.2) is 0 Å². The number of rotatable bonds is 1. The van der Waals surface area contributed by atoms with Crippen LogP contribution in [0.2, 0.25) is 0 Å². The van der Waals surface area contributed by atoms with Gasteiger partial charge in [-0.1, -0.05) is 0 Å². The molecule has 1 aliphatic heterocycles. The Morgan fingerprint density at radius 2 is 2.14 bits per heavy atom. The van der Waals surface area contributed by atoms with E-state index in [1.165, 1.54) is 0 Å². The second-order valence-corrected chi connectivity index (χ2v) is 4.75. The summed E-state index contributed by atoms with van der Waals surface area (Å²) >= 11 is 1.54. The van der Waals surface area contributed by atoms with Crippen molar-refractivity contribution >= 4 is 23.5 Å². The molecule has 1 aliphatic carbocycles. The maximum Gasteiger partial charge on any atom is 0.227 e. The lowest BCUT2D eigenvalue weighted by atomic mass is 9.91. The fraction of sp³-hybridized carbons (Fsp3) is 0.600. The van der Waals surface area contributed by atoms with Crippen molar-refractivity contribution < 1.29 is 9.59 Å². The van der Waals surface area contributed by atoms with E-state index < -0.39 is 0 Å². The van der Waals surface area contributed by atoms with Crippen molar-refractivity contribution in [2.75, 3.05) is 13.3 Å². The highest BCUT2D eigenvalue weighted by Gasteiger charge is 2.38. The molecule has 1 heterocycles. The predicted molar refractivity (Wildman–Crippen MR) is 55.9 cm³/mol. The Morgan fingerprint density at radius 3 is 2.79 bits per heavy atom. The lowest BCUT2D eigenvalue weighted by Crippen LogP contribution is -2.27. The predicted octanol–water partition coefficient (Wildman–Crippen LogP) is 1.05. The van der Waals surface area contributed by atoms with Crippen LogP contribution >= 0.6 is 11.8 Å². The number of fused-ring (bicyclic) bond motifs is 1. The number of hydrogen-bond acceptors (Lipinski definition) is 3. The van der Waals surface area contributed by atoms with Gasteiger partial charge in [-0.3, -0.25) is 9.59 Å². The lowest BCUT2D eigenvalue weighted by molar-refractivity contribution is -0.125. The third-order valence-electron chi connectivity index (χ3n) is 2.94. The molecule has 1 fully saturated rings. The van der Waals surface area contributed by atoms with Crippen molar-refractivity contribution in [1.82, 2.24) is 4.90 Å². The van der Waals surface area contributed by atoms with Gasteiger partial charge in [-0.05, 0) is 12.3 Å². The van der Waals surface area contributed by atoms with Crippen molar-refractivity contribution in [3.63, 3.8) is 0 Å². The summed E-state index contributed by atoms with van der Waals surface area (Å²) in [6.45, 7) is 0. The first kappa shape index (κ1) is 9.77. The fourth-order valence-corrected chi connectivity index (χ4v) is 2.74. The third kappa shape index (κ3) is 1.38. The van der Waals surface area contributed by atoms with Gasteiger partial charge in [-0.15, -0.1) is 11.8 Å². The fourth-order valence-electron chi connectivity index (χ4n) is 2.10. The summed E-state index contributed by atoms with van der Waals surface area (Å²) in [4.78, 5) is 24.7. The molecule has 0 aromatic heterocycles. The molecule has 1 amide bonds. The summed E-state index contributed by atoms with van der Waals surface area (Å²) in [5, 5.41) is -0.0467. The highest BCUT2D eigenvalue weighted by Crippen LogP contribution is 2.36. The third-order valence-corrected chi connectivity index (χ3v) is 3.85. The van der Waals surface area contributed by atoms with E-state index in [4.69, 9.17) is 0 Å². The van der Waals surface area contributed by atoms with Crippen molar-refractivity contribution in [3.8, 4) is 0 Å². The second-order valence-electron chi connectivity index (χ2n) is 3.77. The van der Waals surface area contributed by atoms with E-state index >= 15 is 0 Å². The van der Waals surface area contributed by atoms with Crippen LogP contribution in [0.15, 0.2) is 11.8 Å². The van der Waals surface area contributed by atoms with E-state index in [-0.39, 0.29) is 22.9 Å². The summed E-state index contributed by atoms with van der Waals surface area (Å²) in [6.07, 6.45) is 4.92. The van der Waals surface area contributed by atoms with E-state index in [1.54, 1.807) is 23.7 Å². The summed E-state index contributed by atoms with van der Waals surface area (Å²) in [5.74, 6) is 0.550. The van der Waals surface area contributed by atoms with Crippen LogP contribution in [0.3, 0.4) is 0 Å². The SMILES string of the molecule is CSC1C=C2C(CC1=O)CC(=O)N2C. The molecule has 14 heavy (non-hydrogen) atoms. The zero-order valence-corrected chi connectivity index (χ0v) is 9.13. The number of amides is 1. The first-order valence-electron chi connectivity index (χ1n) is 4.67. The van der Waals surface area contributed by atoms with Crippen LogP contribution in [0.4, 0.5) is 0 Å². The highest BCUT2D eigenvalue weighted by atomic mass is 32.2. The van der Waals surface area contributed by atoms with Gasteiger partial charge in [0.2, 0.25) is 5.91 Å². The Labute approximate surface area is 87.5 Å². The van der Waals surface area contributed by atoms with Gasteiger partial charge in [-0.25, -0.2) is 0 Å².